The van der Waals surface area contributed by atoms with Crippen LogP contribution < -0.4 is 4.74 Å². The van der Waals surface area contributed by atoms with Crippen LogP contribution in [-0.4, -0.2) is 4.98 Å². The molecular formula is C19H15Cl2NO. The summed E-state index contributed by atoms with van der Waals surface area (Å²) in [6, 6.07) is 15.6. The maximum atomic E-state index is 6.09. The largest absolute Gasteiger partial charge is 0.489 e. The first-order chi connectivity index (χ1) is 11.1. The van der Waals surface area contributed by atoms with Gasteiger partial charge >= 0.3 is 0 Å². The van der Waals surface area contributed by atoms with E-state index in [1.165, 1.54) is 0 Å². The van der Waals surface area contributed by atoms with Crippen LogP contribution in [0.25, 0.3) is 11.1 Å². The Bertz CT molecular complexity index is 833. The van der Waals surface area contributed by atoms with Crippen LogP contribution in [0, 0.1) is 6.92 Å². The molecule has 2 aromatic carbocycles. The zero-order valence-electron chi connectivity index (χ0n) is 12.6. The van der Waals surface area contributed by atoms with Crippen molar-refractivity contribution in [1.29, 1.82) is 0 Å². The molecule has 23 heavy (non-hydrogen) atoms. The summed E-state index contributed by atoms with van der Waals surface area (Å²) in [7, 11) is 0. The number of aromatic nitrogens is 1. The summed E-state index contributed by atoms with van der Waals surface area (Å²) in [6.45, 7) is 2.49. The SMILES string of the molecule is Cc1ccccc1OCc1cncc(-c2ccc(Cl)c(Cl)c2)c1. The second-order valence-electron chi connectivity index (χ2n) is 5.26. The average molecular weight is 344 g/mol. The van der Waals surface area contributed by atoms with Gasteiger partial charge in [-0.1, -0.05) is 47.5 Å². The van der Waals surface area contributed by atoms with Gasteiger partial charge in [0.2, 0.25) is 0 Å². The lowest BCUT2D eigenvalue weighted by Crippen LogP contribution is -1.98. The van der Waals surface area contributed by atoms with Crippen molar-refractivity contribution in [3.05, 3.63) is 82.1 Å². The van der Waals surface area contributed by atoms with Gasteiger partial charge < -0.3 is 4.74 Å². The Morgan fingerprint density at radius 3 is 2.52 bits per heavy atom. The summed E-state index contributed by atoms with van der Waals surface area (Å²) < 4.78 is 5.87. The molecule has 3 rings (SSSR count). The number of pyridine rings is 1. The van der Waals surface area contributed by atoms with Crippen LogP contribution in [0.15, 0.2) is 60.9 Å². The second-order valence-corrected chi connectivity index (χ2v) is 6.08. The Hall–Kier alpha value is -2.03. The fourth-order valence-corrected chi connectivity index (χ4v) is 2.58. The van der Waals surface area contributed by atoms with Gasteiger partial charge in [-0.05, 0) is 42.3 Å². The molecule has 0 atom stereocenters. The van der Waals surface area contributed by atoms with Gasteiger partial charge in [-0.3, -0.25) is 4.98 Å². The molecule has 0 amide bonds. The number of hydrogen-bond donors (Lipinski definition) is 0. The van der Waals surface area contributed by atoms with Crippen molar-refractivity contribution in [3.63, 3.8) is 0 Å². The Labute approximate surface area is 145 Å². The minimum atomic E-state index is 0.465. The zero-order valence-corrected chi connectivity index (χ0v) is 14.1. The molecule has 0 spiro atoms. The third-order valence-corrected chi connectivity index (χ3v) is 4.27. The van der Waals surface area contributed by atoms with E-state index in [2.05, 4.69) is 4.98 Å². The van der Waals surface area contributed by atoms with E-state index in [0.29, 0.717) is 16.7 Å². The third-order valence-electron chi connectivity index (χ3n) is 3.54. The van der Waals surface area contributed by atoms with Crippen molar-refractivity contribution in [1.82, 2.24) is 4.98 Å². The Kier molecular flexibility index (Phi) is 4.85. The summed E-state index contributed by atoms with van der Waals surface area (Å²) in [4.78, 5) is 4.29. The normalized spacial score (nSPS) is 10.6. The highest BCUT2D eigenvalue weighted by Crippen LogP contribution is 2.28. The molecule has 4 heteroatoms. The monoisotopic (exact) mass is 343 g/mol. The molecule has 0 radical (unpaired) electrons. The fraction of sp³-hybridized carbons (Fsp3) is 0.105. The average Bonchev–Trinajstić information content (AvgIpc) is 2.57. The maximum absolute atomic E-state index is 6.09. The number of nitrogens with zero attached hydrogens (tertiary/aromatic N) is 1. The van der Waals surface area contributed by atoms with Gasteiger partial charge in [0.25, 0.3) is 0 Å². The smallest absolute Gasteiger partial charge is 0.122 e. The molecule has 0 aliphatic rings. The molecule has 0 saturated carbocycles. The van der Waals surface area contributed by atoms with Crippen molar-refractivity contribution in [2.75, 3.05) is 0 Å². The van der Waals surface area contributed by atoms with Gasteiger partial charge in [0.1, 0.15) is 12.4 Å². The Morgan fingerprint density at radius 2 is 1.74 bits per heavy atom. The molecule has 0 unspecified atom stereocenters. The van der Waals surface area contributed by atoms with E-state index in [4.69, 9.17) is 27.9 Å². The highest BCUT2D eigenvalue weighted by molar-refractivity contribution is 6.42. The lowest BCUT2D eigenvalue weighted by atomic mass is 10.1. The minimum Gasteiger partial charge on any atom is -0.489 e. The van der Waals surface area contributed by atoms with Crippen molar-refractivity contribution in [2.24, 2.45) is 0 Å². The fourth-order valence-electron chi connectivity index (χ4n) is 2.28. The van der Waals surface area contributed by atoms with Crippen LogP contribution in [-0.2, 0) is 6.61 Å². The molecule has 0 N–H and O–H groups in total. The number of rotatable bonds is 4. The first-order valence-electron chi connectivity index (χ1n) is 7.21. The van der Waals surface area contributed by atoms with E-state index < -0.39 is 0 Å². The van der Waals surface area contributed by atoms with E-state index in [0.717, 1.165) is 28.0 Å². The quantitative estimate of drug-likeness (QED) is 0.584. The summed E-state index contributed by atoms with van der Waals surface area (Å²) in [5.41, 5.74) is 4.07. The summed E-state index contributed by atoms with van der Waals surface area (Å²) >= 11 is 12.0. The highest BCUT2D eigenvalue weighted by Gasteiger charge is 2.05. The lowest BCUT2D eigenvalue weighted by molar-refractivity contribution is 0.303. The van der Waals surface area contributed by atoms with Gasteiger partial charge in [-0.2, -0.15) is 0 Å². The molecule has 2 nitrogen and oxygen atoms in total. The van der Waals surface area contributed by atoms with E-state index in [1.54, 1.807) is 18.5 Å². The Morgan fingerprint density at radius 1 is 0.913 bits per heavy atom. The van der Waals surface area contributed by atoms with Crippen LogP contribution in [0.5, 0.6) is 5.75 Å². The number of halogens is 2. The molecule has 0 aliphatic heterocycles. The Balaban J connectivity index is 1.80. The molecule has 116 valence electrons. The molecule has 1 heterocycles. The number of hydrogen-bond acceptors (Lipinski definition) is 2. The van der Waals surface area contributed by atoms with Crippen LogP contribution in [0.4, 0.5) is 0 Å². The highest BCUT2D eigenvalue weighted by atomic mass is 35.5. The number of para-hydroxylation sites is 1. The molecule has 0 fully saturated rings. The van der Waals surface area contributed by atoms with Crippen molar-refractivity contribution >= 4 is 23.2 Å². The van der Waals surface area contributed by atoms with Crippen LogP contribution in [0.1, 0.15) is 11.1 Å². The standard InChI is InChI=1S/C19H15Cl2NO/c1-13-4-2-3-5-19(13)23-12-14-8-16(11-22-10-14)15-6-7-17(20)18(21)9-15/h2-11H,12H2,1H3. The zero-order chi connectivity index (χ0) is 16.2. The maximum Gasteiger partial charge on any atom is 0.122 e. The van der Waals surface area contributed by atoms with Crippen LogP contribution in [0.2, 0.25) is 10.0 Å². The second kappa shape index (κ2) is 7.03. The van der Waals surface area contributed by atoms with Gasteiger partial charge in [-0.25, -0.2) is 0 Å². The van der Waals surface area contributed by atoms with E-state index in [9.17, 15) is 0 Å². The van der Waals surface area contributed by atoms with Crippen LogP contribution >= 0.6 is 23.2 Å². The van der Waals surface area contributed by atoms with Crippen molar-refractivity contribution in [3.8, 4) is 16.9 Å². The van der Waals surface area contributed by atoms with E-state index in [1.807, 2.05) is 49.4 Å². The van der Waals surface area contributed by atoms with Gasteiger partial charge in [-0.15, -0.1) is 0 Å². The number of aryl methyl sites for hydroxylation is 1. The topological polar surface area (TPSA) is 22.1 Å². The first-order valence-corrected chi connectivity index (χ1v) is 7.97. The van der Waals surface area contributed by atoms with Crippen LogP contribution in [0.3, 0.4) is 0 Å². The minimum absolute atomic E-state index is 0.465. The number of ether oxygens (including phenoxy) is 1. The molecule has 0 aliphatic carbocycles. The van der Waals surface area contributed by atoms with Gasteiger partial charge in [0, 0.05) is 23.5 Å². The van der Waals surface area contributed by atoms with E-state index >= 15 is 0 Å². The van der Waals surface area contributed by atoms with Crippen molar-refractivity contribution < 1.29 is 4.74 Å². The summed E-state index contributed by atoms with van der Waals surface area (Å²) in [5, 5.41) is 1.08. The third kappa shape index (κ3) is 3.84. The molecule has 0 saturated heterocycles. The predicted octanol–water partition coefficient (Wildman–Crippen LogP) is 5.94. The first kappa shape index (κ1) is 15.9. The summed E-state index contributed by atoms with van der Waals surface area (Å²) in [5.74, 6) is 0.882. The van der Waals surface area contributed by atoms with Crippen molar-refractivity contribution in [2.45, 2.75) is 13.5 Å². The van der Waals surface area contributed by atoms with E-state index in [-0.39, 0.29) is 0 Å². The molecule has 1 aromatic heterocycles. The lowest BCUT2D eigenvalue weighted by Gasteiger charge is -2.10. The molecule has 0 bridgehead atoms. The molecule has 3 aromatic rings. The van der Waals surface area contributed by atoms with Gasteiger partial charge in [0.05, 0.1) is 10.0 Å². The summed E-state index contributed by atoms with van der Waals surface area (Å²) in [6.07, 6.45) is 3.61. The number of benzene rings is 2. The van der Waals surface area contributed by atoms with Gasteiger partial charge in [0.15, 0.2) is 0 Å². The molecular weight excluding hydrogens is 329 g/mol. The predicted molar refractivity (Wildman–Crippen MR) is 95.2 cm³/mol.